The van der Waals surface area contributed by atoms with Crippen LogP contribution in [-0.2, 0) is 24.5 Å². The van der Waals surface area contributed by atoms with E-state index >= 15 is 0 Å². The molecule has 0 unspecified atom stereocenters. The van der Waals surface area contributed by atoms with Crippen molar-refractivity contribution in [3.8, 4) is 11.6 Å². The first-order valence-electron chi connectivity index (χ1n) is 13.4. The first-order valence-corrected chi connectivity index (χ1v) is 14.8. The smallest absolute Gasteiger partial charge is 0.411 e. The number of fused-ring (bicyclic) bond motifs is 1. The van der Waals surface area contributed by atoms with Gasteiger partial charge in [0.2, 0.25) is 11.8 Å². The zero-order chi connectivity index (χ0) is 31.0. The summed E-state index contributed by atoms with van der Waals surface area (Å²) in [4.78, 5) is 45.7. The summed E-state index contributed by atoms with van der Waals surface area (Å²) in [5, 5.41) is 4.26. The van der Waals surface area contributed by atoms with Crippen molar-refractivity contribution in [1.29, 1.82) is 0 Å². The SMILES string of the molecule is C=C[C@@H]1C[C@]1(NC(=O)[C@@H]1C[C@@H](Oc2nccc3cc(OC)ccc23)CN1C(=O)OC(C)(C)C)C(=O)NS(=O)(=O)N(C)C. The molecule has 228 valence electrons. The van der Waals surface area contributed by atoms with Gasteiger partial charge in [0, 0.05) is 38.0 Å². The van der Waals surface area contributed by atoms with Crippen LogP contribution >= 0.6 is 0 Å². The number of rotatable bonds is 9. The molecule has 1 aromatic heterocycles. The fraction of sp³-hybridized carbons (Fsp3) is 0.500. The summed E-state index contributed by atoms with van der Waals surface area (Å²) < 4.78 is 44.6. The Morgan fingerprint density at radius 2 is 1.93 bits per heavy atom. The number of carbonyl (C=O) groups excluding carboxylic acids is 3. The minimum absolute atomic E-state index is 0.0142. The van der Waals surface area contributed by atoms with Crippen molar-refractivity contribution in [2.75, 3.05) is 27.7 Å². The molecule has 13 nitrogen and oxygen atoms in total. The molecular weight excluding hydrogens is 566 g/mol. The molecule has 2 aliphatic rings. The van der Waals surface area contributed by atoms with Crippen LogP contribution in [0.3, 0.4) is 0 Å². The quantitative estimate of drug-likeness (QED) is 0.409. The van der Waals surface area contributed by atoms with Gasteiger partial charge in [0.05, 0.1) is 13.7 Å². The van der Waals surface area contributed by atoms with Gasteiger partial charge >= 0.3 is 16.3 Å². The minimum Gasteiger partial charge on any atom is -0.497 e. The van der Waals surface area contributed by atoms with Gasteiger partial charge in [0.1, 0.15) is 29.0 Å². The van der Waals surface area contributed by atoms with Gasteiger partial charge in [0.25, 0.3) is 5.91 Å². The van der Waals surface area contributed by atoms with Crippen LogP contribution in [0.5, 0.6) is 11.6 Å². The molecule has 0 spiro atoms. The molecular formula is C28H37N5O8S. The summed E-state index contributed by atoms with van der Waals surface area (Å²) in [7, 11) is 0.0139. The van der Waals surface area contributed by atoms with Crippen molar-refractivity contribution < 1.29 is 37.0 Å². The van der Waals surface area contributed by atoms with Gasteiger partial charge in [0.15, 0.2) is 0 Å². The Morgan fingerprint density at radius 1 is 1.21 bits per heavy atom. The van der Waals surface area contributed by atoms with Crippen LogP contribution in [0.25, 0.3) is 10.8 Å². The number of nitrogens with one attached hydrogen (secondary N) is 2. The molecule has 1 aromatic carbocycles. The third kappa shape index (κ3) is 6.44. The highest BCUT2D eigenvalue weighted by Crippen LogP contribution is 2.45. The van der Waals surface area contributed by atoms with Gasteiger partial charge in [-0.3, -0.25) is 14.5 Å². The molecule has 14 heteroatoms. The molecule has 2 fully saturated rings. The van der Waals surface area contributed by atoms with E-state index in [1.165, 1.54) is 25.1 Å². The zero-order valence-electron chi connectivity index (χ0n) is 24.5. The molecule has 1 saturated carbocycles. The lowest BCUT2D eigenvalue weighted by Crippen LogP contribution is -2.57. The Hall–Kier alpha value is -3.91. The number of nitrogens with zero attached hydrogens (tertiary/aromatic N) is 3. The summed E-state index contributed by atoms with van der Waals surface area (Å²) in [6.45, 7) is 8.85. The second-order valence-electron chi connectivity index (χ2n) is 11.6. The van der Waals surface area contributed by atoms with Crippen molar-refractivity contribution in [2.24, 2.45) is 5.92 Å². The largest absolute Gasteiger partial charge is 0.497 e. The molecule has 1 aliphatic carbocycles. The lowest BCUT2D eigenvalue weighted by atomic mass is 10.1. The van der Waals surface area contributed by atoms with Gasteiger partial charge in [-0.25, -0.2) is 14.5 Å². The lowest BCUT2D eigenvalue weighted by Gasteiger charge is -2.29. The number of aromatic nitrogens is 1. The highest BCUT2D eigenvalue weighted by atomic mass is 32.2. The van der Waals surface area contributed by atoms with Crippen LogP contribution in [0.15, 0.2) is 43.1 Å². The number of pyridine rings is 1. The maximum absolute atomic E-state index is 13.7. The highest BCUT2D eigenvalue weighted by molar-refractivity contribution is 7.87. The number of methoxy groups -OCH3 is 1. The van der Waals surface area contributed by atoms with Gasteiger partial charge in [-0.15, -0.1) is 6.58 Å². The van der Waals surface area contributed by atoms with Gasteiger partial charge in [-0.05, 0) is 56.8 Å². The van der Waals surface area contributed by atoms with Crippen LogP contribution in [0, 0.1) is 5.92 Å². The second-order valence-corrected chi connectivity index (χ2v) is 13.4. The fourth-order valence-electron chi connectivity index (χ4n) is 4.80. The fourth-order valence-corrected chi connectivity index (χ4v) is 5.40. The Bertz CT molecular complexity index is 1510. The zero-order valence-corrected chi connectivity index (χ0v) is 25.4. The summed E-state index contributed by atoms with van der Waals surface area (Å²) in [5.74, 6) is -1.05. The maximum atomic E-state index is 13.7. The van der Waals surface area contributed by atoms with Gasteiger partial charge in [-0.2, -0.15) is 12.7 Å². The van der Waals surface area contributed by atoms with Crippen molar-refractivity contribution in [3.05, 3.63) is 43.1 Å². The third-order valence-corrected chi connectivity index (χ3v) is 8.56. The van der Waals surface area contributed by atoms with Gasteiger partial charge in [-0.1, -0.05) is 6.08 Å². The van der Waals surface area contributed by atoms with Crippen LogP contribution < -0.4 is 19.5 Å². The number of hydrogen-bond donors (Lipinski definition) is 2. The first kappa shape index (κ1) is 31.0. The van der Waals surface area contributed by atoms with E-state index in [1.54, 1.807) is 40.1 Å². The van der Waals surface area contributed by atoms with E-state index in [4.69, 9.17) is 14.2 Å². The van der Waals surface area contributed by atoms with E-state index < -0.39 is 57.3 Å². The van der Waals surface area contributed by atoms with Crippen LogP contribution in [0.4, 0.5) is 4.79 Å². The molecule has 42 heavy (non-hydrogen) atoms. The average Bonchev–Trinajstić information content (AvgIpc) is 3.46. The molecule has 2 heterocycles. The topological polar surface area (TPSA) is 156 Å². The van der Waals surface area contributed by atoms with Crippen molar-refractivity contribution in [2.45, 2.75) is 56.9 Å². The number of benzene rings is 1. The Balaban J connectivity index is 1.59. The Morgan fingerprint density at radius 3 is 2.52 bits per heavy atom. The molecule has 1 aliphatic heterocycles. The normalized spacial score (nSPS) is 23.8. The third-order valence-electron chi connectivity index (χ3n) is 7.16. The average molecular weight is 604 g/mol. The molecule has 3 amide bonds. The number of hydrogen-bond acceptors (Lipinski definition) is 9. The summed E-state index contributed by atoms with van der Waals surface area (Å²) in [6.07, 6.45) is 1.94. The van der Waals surface area contributed by atoms with Crippen molar-refractivity contribution >= 4 is 38.9 Å². The number of carbonyl (C=O) groups is 3. The Kier molecular flexibility index (Phi) is 8.43. The number of amides is 3. The van der Waals surface area contributed by atoms with Gasteiger partial charge < -0.3 is 19.5 Å². The van der Waals surface area contributed by atoms with E-state index in [1.807, 2.05) is 22.9 Å². The second kappa shape index (κ2) is 11.4. The predicted molar refractivity (Wildman–Crippen MR) is 154 cm³/mol. The van der Waals surface area contributed by atoms with Crippen molar-refractivity contribution in [1.82, 2.24) is 24.2 Å². The number of ether oxygens (including phenoxy) is 3. The van der Waals surface area contributed by atoms with E-state index in [2.05, 4.69) is 16.9 Å². The van der Waals surface area contributed by atoms with Crippen molar-refractivity contribution in [3.63, 3.8) is 0 Å². The minimum atomic E-state index is -4.11. The molecule has 0 radical (unpaired) electrons. The maximum Gasteiger partial charge on any atom is 0.411 e. The lowest BCUT2D eigenvalue weighted by molar-refractivity contribution is -0.131. The summed E-state index contributed by atoms with van der Waals surface area (Å²) in [5.41, 5.74) is -2.37. The van der Waals surface area contributed by atoms with Crippen LogP contribution in [0.1, 0.15) is 33.6 Å². The highest BCUT2D eigenvalue weighted by Gasteiger charge is 2.61. The molecule has 2 N–H and O–H groups in total. The van der Waals surface area contributed by atoms with E-state index in [-0.39, 0.29) is 19.4 Å². The first-order chi connectivity index (χ1) is 19.6. The molecule has 0 bridgehead atoms. The standard InChI is InChI=1S/C28H37N5O8S/c1-8-18-15-28(18,25(35)31-42(37,38)32(5)6)30-23(34)22-14-20(16-33(22)26(36)41-27(2,3)4)40-24-21-10-9-19(39-7)13-17(21)11-12-29-24/h8-13,18,20,22H,1,14-16H2,2-7H3,(H,30,34)(H,31,35)/t18-,20-,22+,28-/m1/s1. The molecule has 2 aromatic rings. The van der Waals surface area contributed by atoms with E-state index in [9.17, 15) is 22.8 Å². The Labute approximate surface area is 245 Å². The molecule has 4 atom stereocenters. The monoisotopic (exact) mass is 603 g/mol. The molecule has 1 saturated heterocycles. The summed E-state index contributed by atoms with van der Waals surface area (Å²) in [6, 6.07) is 6.18. The van der Waals surface area contributed by atoms with Crippen LogP contribution in [0.2, 0.25) is 0 Å². The van der Waals surface area contributed by atoms with Crippen LogP contribution in [-0.4, -0.2) is 91.6 Å². The van der Waals surface area contributed by atoms with E-state index in [0.29, 0.717) is 11.6 Å². The predicted octanol–water partition coefficient (Wildman–Crippen LogP) is 1.98. The number of likely N-dealkylation sites (tertiary alicyclic amines) is 1. The van der Waals surface area contributed by atoms with E-state index in [0.717, 1.165) is 15.1 Å². The molecule has 4 rings (SSSR count). The summed E-state index contributed by atoms with van der Waals surface area (Å²) >= 11 is 0.